The summed E-state index contributed by atoms with van der Waals surface area (Å²) in [6.45, 7) is 1.90. The summed E-state index contributed by atoms with van der Waals surface area (Å²) in [4.78, 5) is 17.4. The molecule has 0 saturated heterocycles. The second-order valence-corrected chi connectivity index (χ2v) is 7.54. The van der Waals surface area contributed by atoms with E-state index in [2.05, 4.69) is 39.9 Å². The van der Waals surface area contributed by atoms with Crippen LogP contribution in [0.25, 0.3) is 10.8 Å². The number of anilines is 3. The zero-order chi connectivity index (χ0) is 18.8. The number of fused-ring (bicyclic) bond motifs is 1. The molecule has 0 aliphatic rings. The average Bonchev–Trinajstić information content (AvgIpc) is 3.13. The van der Waals surface area contributed by atoms with E-state index in [0.717, 1.165) is 16.6 Å². The fraction of sp³-hybridized carbons (Fsp3) is 0.0476. The largest absolute Gasteiger partial charge is 0.332 e. The van der Waals surface area contributed by atoms with Gasteiger partial charge in [0.15, 0.2) is 5.13 Å². The Morgan fingerprint density at radius 2 is 1.85 bits per heavy atom. The van der Waals surface area contributed by atoms with Gasteiger partial charge in [-0.05, 0) is 41.5 Å². The van der Waals surface area contributed by atoms with Crippen LogP contribution in [0.1, 0.15) is 15.2 Å². The predicted octanol–water partition coefficient (Wildman–Crippen LogP) is 6.25. The molecule has 0 aliphatic heterocycles. The van der Waals surface area contributed by atoms with E-state index in [0.29, 0.717) is 20.7 Å². The molecule has 6 heteroatoms. The Morgan fingerprint density at radius 3 is 2.67 bits per heavy atom. The number of carbonyl (C=O) groups is 1. The van der Waals surface area contributed by atoms with Gasteiger partial charge < -0.3 is 10.6 Å². The van der Waals surface area contributed by atoms with Crippen molar-refractivity contribution < 1.29 is 4.79 Å². The second-order valence-electron chi connectivity index (χ2n) is 6.10. The fourth-order valence-electron chi connectivity index (χ4n) is 2.79. The van der Waals surface area contributed by atoms with Gasteiger partial charge in [-0.2, -0.15) is 0 Å². The summed E-state index contributed by atoms with van der Waals surface area (Å²) in [6, 6.07) is 19.8. The smallest absolute Gasteiger partial charge is 0.267 e. The van der Waals surface area contributed by atoms with E-state index in [9.17, 15) is 4.79 Å². The molecule has 0 bridgehead atoms. The third kappa shape index (κ3) is 3.79. The zero-order valence-electron chi connectivity index (χ0n) is 14.5. The van der Waals surface area contributed by atoms with E-state index in [1.54, 1.807) is 12.3 Å². The quantitative estimate of drug-likeness (QED) is 0.430. The summed E-state index contributed by atoms with van der Waals surface area (Å²) in [6.07, 6.45) is 1.57. The topological polar surface area (TPSA) is 54.0 Å². The van der Waals surface area contributed by atoms with Crippen LogP contribution in [0.15, 0.2) is 66.9 Å². The fourth-order valence-corrected chi connectivity index (χ4v) is 3.79. The third-order valence-corrected chi connectivity index (χ3v) is 5.42. The summed E-state index contributed by atoms with van der Waals surface area (Å²) < 4.78 is 0. The predicted molar refractivity (Wildman–Crippen MR) is 113 cm³/mol. The lowest BCUT2D eigenvalue weighted by molar-refractivity contribution is 0.103. The molecule has 0 unspecified atom stereocenters. The van der Waals surface area contributed by atoms with Crippen LogP contribution in [0.5, 0.6) is 0 Å². The van der Waals surface area contributed by atoms with Crippen molar-refractivity contribution in [3.63, 3.8) is 0 Å². The first kappa shape index (κ1) is 17.5. The average molecular weight is 394 g/mol. The zero-order valence-corrected chi connectivity index (χ0v) is 16.1. The molecule has 4 rings (SSSR count). The van der Waals surface area contributed by atoms with Gasteiger partial charge in [-0.3, -0.25) is 4.79 Å². The first-order valence-electron chi connectivity index (χ1n) is 8.38. The number of nitrogens with one attached hydrogen (secondary N) is 2. The standard InChI is InChI=1S/C21H16ClN3OS/c1-13-5-4-8-17(22)19(13)25-20(26)18-12-23-21(27-18)24-16-10-9-14-6-2-3-7-15(14)11-16/h2-12H,1H3,(H,23,24)(H,25,26). The van der Waals surface area contributed by atoms with Crippen LogP contribution < -0.4 is 10.6 Å². The number of thiazole rings is 1. The second kappa shape index (κ2) is 7.39. The van der Waals surface area contributed by atoms with Crippen molar-refractivity contribution in [2.75, 3.05) is 10.6 Å². The van der Waals surface area contributed by atoms with E-state index < -0.39 is 0 Å². The lowest BCUT2D eigenvalue weighted by Crippen LogP contribution is -2.11. The van der Waals surface area contributed by atoms with E-state index in [1.165, 1.54) is 16.7 Å². The number of benzene rings is 3. The molecule has 4 nitrogen and oxygen atoms in total. The number of para-hydroxylation sites is 1. The van der Waals surface area contributed by atoms with Crippen molar-refractivity contribution in [1.29, 1.82) is 0 Å². The summed E-state index contributed by atoms with van der Waals surface area (Å²) in [7, 11) is 0. The van der Waals surface area contributed by atoms with Crippen molar-refractivity contribution >= 4 is 56.1 Å². The first-order valence-corrected chi connectivity index (χ1v) is 9.58. The van der Waals surface area contributed by atoms with Gasteiger partial charge in [-0.1, -0.05) is 65.4 Å². The summed E-state index contributed by atoms with van der Waals surface area (Å²) in [5.41, 5.74) is 2.47. The molecule has 134 valence electrons. The minimum absolute atomic E-state index is 0.227. The molecule has 1 aromatic heterocycles. The molecule has 3 aromatic carbocycles. The van der Waals surface area contributed by atoms with E-state index >= 15 is 0 Å². The van der Waals surface area contributed by atoms with Crippen LogP contribution in [-0.2, 0) is 0 Å². The molecule has 1 heterocycles. The highest BCUT2D eigenvalue weighted by atomic mass is 35.5. The molecular weight excluding hydrogens is 378 g/mol. The molecule has 0 radical (unpaired) electrons. The van der Waals surface area contributed by atoms with Crippen molar-refractivity contribution in [2.45, 2.75) is 6.92 Å². The van der Waals surface area contributed by atoms with Gasteiger partial charge in [-0.25, -0.2) is 4.98 Å². The SMILES string of the molecule is Cc1cccc(Cl)c1NC(=O)c1cnc(Nc2ccc3ccccc3c2)s1. The van der Waals surface area contributed by atoms with Gasteiger partial charge in [0.2, 0.25) is 0 Å². The number of hydrogen-bond acceptors (Lipinski definition) is 4. The van der Waals surface area contributed by atoms with Gasteiger partial charge in [0.1, 0.15) is 4.88 Å². The normalized spacial score (nSPS) is 10.7. The maximum atomic E-state index is 12.5. The molecule has 0 spiro atoms. The van der Waals surface area contributed by atoms with Crippen LogP contribution in [-0.4, -0.2) is 10.9 Å². The van der Waals surface area contributed by atoms with E-state index in [-0.39, 0.29) is 5.91 Å². The van der Waals surface area contributed by atoms with Gasteiger partial charge in [0, 0.05) is 5.69 Å². The van der Waals surface area contributed by atoms with Gasteiger partial charge in [-0.15, -0.1) is 0 Å². The van der Waals surface area contributed by atoms with Crippen molar-refractivity contribution in [3.05, 3.63) is 82.3 Å². The van der Waals surface area contributed by atoms with Gasteiger partial charge >= 0.3 is 0 Å². The minimum Gasteiger partial charge on any atom is -0.332 e. The molecule has 4 aromatic rings. The molecule has 0 saturated carbocycles. The Hall–Kier alpha value is -2.89. The number of amides is 1. The lowest BCUT2D eigenvalue weighted by atomic mass is 10.1. The Kier molecular flexibility index (Phi) is 4.79. The van der Waals surface area contributed by atoms with Crippen molar-refractivity contribution in [1.82, 2.24) is 4.98 Å². The first-order chi connectivity index (χ1) is 13.1. The molecular formula is C21H16ClN3OS. The highest BCUT2D eigenvalue weighted by Gasteiger charge is 2.14. The Bertz CT molecular complexity index is 1120. The number of hydrogen-bond donors (Lipinski definition) is 2. The lowest BCUT2D eigenvalue weighted by Gasteiger charge is -2.08. The molecule has 0 fully saturated rings. The van der Waals surface area contributed by atoms with Crippen LogP contribution >= 0.6 is 22.9 Å². The van der Waals surface area contributed by atoms with Crippen LogP contribution in [0.4, 0.5) is 16.5 Å². The number of rotatable bonds is 4. The Morgan fingerprint density at radius 1 is 1.04 bits per heavy atom. The molecule has 2 N–H and O–H groups in total. The van der Waals surface area contributed by atoms with Crippen LogP contribution in [0, 0.1) is 6.92 Å². The number of nitrogens with zero attached hydrogens (tertiary/aromatic N) is 1. The molecule has 1 amide bonds. The van der Waals surface area contributed by atoms with Crippen LogP contribution in [0.3, 0.4) is 0 Å². The van der Waals surface area contributed by atoms with Gasteiger partial charge in [0.05, 0.1) is 16.9 Å². The Labute approximate surface area is 165 Å². The highest BCUT2D eigenvalue weighted by molar-refractivity contribution is 7.17. The van der Waals surface area contributed by atoms with E-state index in [4.69, 9.17) is 11.6 Å². The maximum Gasteiger partial charge on any atom is 0.267 e. The summed E-state index contributed by atoms with van der Waals surface area (Å²) in [5.74, 6) is -0.227. The number of halogens is 1. The van der Waals surface area contributed by atoms with Gasteiger partial charge in [0.25, 0.3) is 5.91 Å². The van der Waals surface area contributed by atoms with Crippen LogP contribution in [0.2, 0.25) is 5.02 Å². The molecule has 27 heavy (non-hydrogen) atoms. The summed E-state index contributed by atoms with van der Waals surface area (Å²) in [5, 5.41) is 9.62. The number of aromatic nitrogens is 1. The maximum absolute atomic E-state index is 12.5. The molecule has 0 atom stereocenters. The molecule has 0 aliphatic carbocycles. The minimum atomic E-state index is -0.227. The number of carbonyl (C=O) groups excluding carboxylic acids is 1. The van der Waals surface area contributed by atoms with E-state index in [1.807, 2.05) is 37.3 Å². The monoisotopic (exact) mass is 393 g/mol. The Balaban J connectivity index is 1.51. The number of aryl methyl sites for hydroxylation is 1. The van der Waals surface area contributed by atoms with Crippen molar-refractivity contribution in [2.24, 2.45) is 0 Å². The highest BCUT2D eigenvalue weighted by Crippen LogP contribution is 2.28. The summed E-state index contributed by atoms with van der Waals surface area (Å²) >= 11 is 7.48. The third-order valence-electron chi connectivity index (χ3n) is 4.19. The van der Waals surface area contributed by atoms with Crippen molar-refractivity contribution in [3.8, 4) is 0 Å².